The van der Waals surface area contributed by atoms with Crippen molar-refractivity contribution in [1.29, 1.82) is 15.8 Å². The van der Waals surface area contributed by atoms with Gasteiger partial charge in [0, 0.05) is 86.2 Å². The van der Waals surface area contributed by atoms with Crippen LogP contribution in [-0.4, -0.2) is 125 Å². The van der Waals surface area contributed by atoms with Crippen molar-refractivity contribution in [3.8, 4) is 18.2 Å². The average Bonchev–Trinajstić information content (AvgIpc) is 4.29. The summed E-state index contributed by atoms with van der Waals surface area (Å²) in [6.45, 7) is -0.147. The lowest BCUT2D eigenvalue weighted by Gasteiger charge is -2.31. The molecule has 0 unspecified atom stereocenters. The van der Waals surface area contributed by atoms with Crippen LogP contribution in [0.3, 0.4) is 0 Å². The molecule has 6 amide bonds. The number of hydrogen-bond acceptors (Lipinski definition) is 12. The number of nitriles is 3. The van der Waals surface area contributed by atoms with Gasteiger partial charge in [-0.25, -0.2) is 0 Å². The molecule has 3 aliphatic rings. The molecule has 9 atom stereocenters. The summed E-state index contributed by atoms with van der Waals surface area (Å²) in [5, 5.41) is 56.5. The number of carbonyl (C=O) groups excluding carboxylic acids is 6. The molecule has 0 bridgehead atoms. The first-order valence-electron chi connectivity index (χ1n) is 28.4. The van der Waals surface area contributed by atoms with Crippen LogP contribution >= 0.6 is 0 Å². The van der Waals surface area contributed by atoms with Gasteiger partial charge in [-0.15, -0.1) is 0 Å². The zero-order chi connectivity index (χ0) is 59.6. The molecule has 3 aromatic carbocycles. The fraction of sp³-hybridized carbons (Fsp3) is 0.468. The van der Waals surface area contributed by atoms with E-state index in [-0.39, 0.29) is 78.6 Å². The molecule has 83 heavy (non-hydrogen) atoms. The SMILES string of the molecule is COC[C@@H](C#N)NC(=O)[C@@H]1CCCC[C@@H]1NC(=O)c1cc2ccccc2n1C.COC[C@@H](C#N)NC(=O)[C@@H]1CCCC[C@@H]1NC(=O)c1cc2ccccc2n1C.Cn1c(C(=O)N[C@H]2CCCC[C@H]2C(=O)N[C@H](C#N)CO)cc2ccccc21. The van der Waals surface area contributed by atoms with E-state index in [2.05, 4.69) is 31.9 Å². The lowest BCUT2D eigenvalue weighted by Crippen LogP contribution is -2.50. The standard InChI is InChI=1S/2C21H26N4O3.C20H24N4O3/c2*1-25-18-10-6-3-7-14(18)11-19(25)21(27)24-17-9-5-4-8-16(17)20(26)23-15(12-22)13-28-2;1-24-17-9-5-2-6-13(17)10-18(24)20(27)23-16-8-4-3-7-15(16)19(26)22-14(11-21)12-25/h2*3,6-7,10-11,15-17H,4-5,8-9,13H2,1-2H3,(H,23,26)(H,24,27);2,5-6,9-10,14-16,25H,3-4,7-8,12H2,1H3,(H,22,26)(H,23,27)/t2*15-,16-,17+;14-,15-,16+/m111/s1. The van der Waals surface area contributed by atoms with E-state index >= 15 is 0 Å². The highest BCUT2D eigenvalue weighted by Gasteiger charge is 2.36. The third-order valence-corrected chi connectivity index (χ3v) is 16.1. The zero-order valence-electron chi connectivity index (χ0n) is 47.9. The van der Waals surface area contributed by atoms with Crippen LogP contribution in [0.5, 0.6) is 0 Å². The van der Waals surface area contributed by atoms with E-state index < -0.39 is 30.7 Å². The maximum absolute atomic E-state index is 12.9. The lowest BCUT2D eigenvalue weighted by atomic mass is 9.83. The van der Waals surface area contributed by atoms with Crippen LogP contribution in [0.25, 0.3) is 32.7 Å². The summed E-state index contributed by atoms with van der Waals surface area (Å²) in [6.07, 6.45) is 9.85. The second-order valence-corrected chi connectivity index (χ2v) is 21.5. The van der Waals surface area contributed by atoms with Crippen LogP contribution in [0.2, 0.25) is 0 Å². The summed E-state index contributed by atoms with van der Waals surface area (Å²) in [7, 11) is 8.56. The number of methoxy groups -OCH3 is 2. The first-order valence-corrected chi connectivity index (χ1v) is 28.4. The maximum atomic E-state index is 12.9. The minimum Gasteiger partial charge on any atom is -0.393 e. The first kappa shape index (κ1) is 62.1. The Hall–Kier alpha value is -8.55. The summed E-state index contributed by atoms with van der Waals surface area (Å²) in [6, 6.07) is 31.8. The van der Waals surface area contributed by atoms with Gasteiger partial charge in [-0.3, -0.25) is 28.8 Å². The molecule has 0 aliphatic heterocycles. The molecule has 0 spiro atoms. The Bertz CT molecular complexity index is 3230. The molecule has 21 heteroatoms. The number of benzene rings is 3. The molecule has 3 heterocycles. The number of aryl methyl sites for hydroxylation is 3. The summed E-state index contributed by atoms with van der Waals surface area (Å²) in [5.41, 5.74) is 4.64. The highest BCUT2D eigenvalue weighted by atomic mass is 16.5. The quantitative estimate of drug-likeness (QED) is 0.0578. The van der Waals surface area contributed by atoms with Gasteiger partial charge >= 0.3 is 0 Å². The number of amides is 6. The number of carbonyl (C=O) groups is 6. The van der Waals surface area contributed by atoms with Gasteiger partial charge in [0.1, 0.15) is 35.2 Å². The number of rotatable bonds is 17. The Labute approximate surface area is 483 Å². The molecule has 6 aromatic rings. The van der Waals surface area contributed by atoms with Gasteiger partial charge in [0.15, 0.2) is 0 Å². The Morgan fingerprint density at radius 3 is 1.02 bits per heavy atom. The molecular weight excluding hydrogens is 1060 g/mol. The normalized spacial score (nSPS) is 20.4. The third-order valence-electron chi connectivity index (χ3n) is 16.1. The predicted octanol–water partition coefficient (Wildman–Crippen LogP) is 5.71. The van der Waals surface area contributed by atoms with Gasteiger partial charge in [0.25, 0.3) is 17.7 Å². The average molecular weight is 1130 g/mol. The summed E-state index contributed by atoms with van der Waals surface area (Å²) >= 11 is 0. The van der Waals surface area contributed by atoms with Crippen LogP contribution < -0.4 is 31.9 Å². The Morgan fingerprint density at radius 1 is 0.482 bits per heavy atom. The number of fused-ring (bicyclic) bond motifs is 3. The fourth-order valence-electron chi connectivity index (χ4n) is 11.6. The van der Waals surface area contributed by atoms with E-state index in [1.807, 2.05) is 144 Å². The molecule has 0 radical (unpaired) electrons. The molecule has 438 valence electrons. The van der Waals surface area contributed by atoms with Gasteiger partial charge in [-0.05, 0) is 74.9 Å². The van der Waals surface area contributed by atoms with Crippen molar-refractivity contribution in [2.24, 2.45) is 38.9 Å². The molecule has 9 rings (SSSR count). The molecule has 7 N–H and O–H groups in total. The van der Waals surface area contributed by atoms with E-state index in [4.69, 9.17) is 30.4 Å². The van der Waals surface area contributed by atoms with Crippen molar-refractivity contribution in [1.82, 2.24) is 45.6 Å². The van der Waals surface area contributed by atoms with E-state index in [9.17, 15) is 28.8 Å². The van der Waals surface area contributed by atoms with E-state index in [0.717, 1.165) is 84.1 Å². The van der Waals surface area contributed by atoms with Gasteiger partial charge in [0.2, 0.25) is 17.7 Å². The van der Waals surface area contributed by atoms with E-state index in [1.54, 1.807) is 0 Å². The van der Waals surface area contributed by atoms with Crippen LogP contribution in [0, 0.1) is 51.7 Å². The number of hydrogen-bond donors (Lipinski definition) is 7. The number of nitrogens with zero attached hydrogens (tertiary/aromatic N) is 6. The highest BCUT2D eigenvalue weighted by molar-refractivity contribution is 6.01. The van der Waals surface area contributed by atoms with Crippen molar-refractivity contribution in [2.45, 2.75) is 113 Å². The minimum atomic E-state index is -0.922. The fourth-order valence-corrected chi connectivity index (χ4v) is 11.6. The first-order chi connectivity index (χ1) is 40.1. The Kier molecular flexibility index (Phi) is 22.4. The van der Waals surface area contributed by atoms with Crippen molar-refractivity contribution in [3.05, 3.63) is 108 Å². The zero-order valence-corrected chi connectivity index (χ0v) is 47.9. The highest BCUT2D eigenvalue weighted by Crippen LogP contribution is 2.29. The van der Waals surface area contributed by atoms with Crippen LogP contribution in [0.15, 0.2) is 91.0 Å². The van der Waals surface area contributed by atoms with Crippen molar-refractivity contribution >= 4 is 68.2 Å². The predicted molar refractivity (Wildman–Crippen MR) is 312 cm³/mol. The third kappa shape index (κ3) is 15.5. The number of aromatic nitrogens is 3. The van der Waals surface area contributed by atoms with Gasteiger partial charge in [-0.1, -0.05) is 93.1 Å². The lowest BCUT2D eigenvalue weighted by molar-refractivity contribution is -0.128. The smallest absolute Gasteiger partial charge is 0.268 e. The molecule has 21 nitrogen and oxygen atoms in total. The number of nitrogens with one attached hydrogen (secondary N) is 6. The molecule has 3 aliphatic carbocycles. The number of aliphatic hydroxyl groups is 1. The molecule has 3 aromatic heterocycles. The van der Waals surface area contributed by atoms with E-state index in [0.29, 0.717) is 42.8 Å². The van der Waals surface area contributed by atoms with Crippen molar-refractivity contribution < 1.29 is 43.3 Å². The summed E-state index contributed by atoms with van der Waals surface area (Å²) < 4.78 is 15.5. The Morgan fingerprint density at radius 2 is 0.759 bits per heavy atom. The molecule has 3 saturated carbocycles. The van der Waals surface area contributed by atoms with Gasteiger partial charge in [-0.2, -0.15) is 15.8 Å². The number of ether oxygens (including phenoxy) is 2. The van der Waals surface area contributed by atoms with Crippen LogP contribution in [0.4, 0.5) is 0 Å². The number of aliphatic hydroxyl groups excluding tert-OH is 1. The largest absolute Gasteiger partial charge is 0.393 e. The molecule has 0 saturated heterocycles. The van der Waals surface area contributed by atoms with Crippen LogP contribution in [0.1, 0.15) is 109 Å². The van der Waals surface area contributed by atoms with Gasteiger partial charge < -0.3 is 60.2 Å². The molecular formula is C62H76N12O9. The summed E-state index contributed by atoms with van der Waals surface area (Å²) in [5.74, 6) is -2.37. The van der Waals surface area contributed by atoms with Crippen molar-refractivity contribution in [3.63, 3.8) is 0 Å². The van der Waals surface area contributed by atoms with Gasteiger partial charge in [0.05, 0.1) is 55.8 Å². The monoisotopic (exact) mass is 1130 g/mol. The molecule has 3 fully saturated rings. The summed E-state index contributed by atoms with van der Waals surface area (Å²) in [4.78, 5) is 76.6. The number of para-hydroxylation sites is 3. The minimum absolute atomic E-state index is 0.141. The topological polar surface area (TPSA) is 299 Å². The van der Waals surface area contributed by atoms with E-state index in [1.165, 1.54) is 14.2 Å². The Balaban J connectivity index is 0.000000179. The van der Waals surface area contributed by atoms with Crippen molar-refractivity contribution in [2.75, 3.05) is 34.0 Å². The van der Waals surface area contributed by atoms with Crippen LogP contribution in [-0.2, 0) is 45.0 Å². The second-order valence-electron chi connectivity index (χ2n) is 21.5. The maximum Gasteiger partial charge on any atom is 0.268 e. The second kappa shape index (κ2) is 30.0.